The van der Waals surface area contributed by atoms with E-state index in [1.165, 1.54) is 13.3 Å². The number of ether oxygens (including phenoxy) is 1. The lowest BCUT2D eigenvalue weighted by Crippen LogP contribution is -2.25. The van der Waals surface area contributed by atoms with Gasteiger partial charge in [-0.2, -0.15) is 0 Å². The molecule has 0 saturated carbocycles. The lowest BCUT2D eigenvalue weighted by Gasteiger charge is -2.18. The third-order valence-corrected chi connectivity index (χ3v) is 4.30. The number of aromatic nitrogens is 1. The highest BCUT2D eigenvalue weighted by Crippen LogP contribution is 2.30. The quantitative estimate of drug-likeness (QED) is 0.379. The van der Waals surface area contributed by atoms with Gasteiger partial charge in [0.05, 0.1) is 23.0 Å². The Kier molecular flexibility index (Phi) is 8.61. The predicted molar refractivity (Wildman–Crippen MR) is 121 cm³/mol. The van der Waals surface area contributed by atoms with E-state index in [1.807, 2.05) is 45.0 Å². The lowest BCUT2D eigenvalue weighted by atomic mass is 10.1. The molecule has 0 aliphatic rings. The summed E-state index contributed by atoms with van der Waals surface area (Å²) in [4.78, 5) is 16.6. The van der Waals surface area contributed by atoms with E-state index in [0.717, 1.165) is 12.0 Å². The summed E-state index contributed by atoms with van der Waals surface area (Å²) in [6, 6.07) is 8.85. The summed E-state index contributed by atoms with van der Waals surface area (Å²) in [6.45, 7) is 6.19. The molecule has 0 aliphatic heterocycles. The average Bonchev–Trinajstić information content (AvgIpc) is 2.72. The third-order valence-electron chi connectivity index (χ3n) is 4.30. The van der Waals surface area contributed by atoms with Crippen LogP contribution < -0.4 is 20.7 Å². The SMILES string of the molecule is CCCC(O)COc1cccc(-c2cc(NC(=O)NC)c(C=N)c(NC(C)C)n2)c1. The molecule has 0 saturated heterocycles. The summed E-state index contributed by atoms with van der Waals surface area (Å²) in [5.41, 5.74) is 2.38. The van der Waals surface area contributed by atoms with Crippen LogP contribution >= 0.6 is 0 Å². The maximum absolute atomic E-state index is 11.9. The second-order valence-electron chi connectivity index (χ2n) is 7.25. The summed E-state index contributed by atoms with van der Waals surface area (Å²) in [5, 5.41) is 26.2. The van der Waals surface area contributed by atoms with Crippen LogP contribution in [-0.2, 0) is 0 Å². The smallest absolute Gasteiger partial charge is 0.318 e. The van der Waals surface area contributed by atoms with Crippen LogP contribution in [0.1, 0.15) is 39.2 Å². The number of carbonyl (C=O) groups excluding carboxylic acids is 1. The van der Waals surface area contributed by atoms with Crippen molar-refractivity contribution in [3.8, 4) is 17.0 Å². The molecule has 0 aliphatic carbocycles. The van der Waals surface area contributed by atoms with Crippen molar-refractivity contribution in [1.82, 2.24) is 10.3 Å². The van der Waals surface area contributed by atoms with Crippen molar-refractivity contribution in [2.45, 2.75) is 45.8 Å². The molecule has 2 amide bonds. The number of hydrogen-bond donors (Lipinski definition) is 5. The molecule has 8 nitrogen and oxygen atoms in total. The van der Waals surface area contributed by atoms with E-state index in [9.17, 15) is 9.90 Å². The molecule has 30 heavy (non-hydrogen) atoms. The van der Waals surface area contributed by atoms with Crippen LogP contribution in [-0.4, -0.2) is 48.1 Å². The highest BCUT2D eigenvalue weighted by molar-refractivity contribution is 6.00. The number of benzene rings is 1. The minimum Gasteiger partial charge on any atom is -0.491 e. The van der Waals surface area contributed by atoms with Crippen molar-refractivity contribution in [3.63, 3.8) is 0 Å². The number of nitrogens with one attached hydrogen (secondary N) is 4. The number of anilines is 2. The van der Waals surface area contributed by atoms with Crippen molar-refractivity contribution in [2.24, 2.45) is 0 Å². The van der Waals surface area contributed by atoms with Gasteiger partial charge >= 0.3 is 6.03 Å². The Labute approximate surface area is 177 Å². The van der Waals surface area contributed by atoms with Crippen LogP contribution in [0.4, 0.5) is 16.3 Å². The van der Waals surface area contributed by atoms with Crippen molar-refractivity contribution < 1.29 is 14.6 Å². The second kappa shape index (κ2) is 11.2. The largest absolute Gasteiger partial charge is 0.491 e. The fourth-order valence-electron chi connectivity index (χ4n) is 2.87. The molecule has 0 bridgehead atoms. The van der Waals surface area contributed by atoms with E-state index in [0.29, 0.717) is 34.9 Å². The Morgan fingerprint density at radius 2 is 2.10 bits per heavy atom. The first-order valence-electron chi connectivity index (χ1n) is 10.1. The van der Waals surface area contributed by atoms with E-state index >= 15 is 0 Å². The molecule has 0 spiro atoms. The van der Waals surface area contributed by atoms with E-state index < -0.39 is 6.10 Å². The first kappa shape index (κ1) is 23.2. The zero-order valence-electron chi connectivity index (χ0n) is 18.0. The molecule has 1 aromatic carbocycles. The molecule has 1 aromatic heterocycles. The Balaban J connectivity index is 2.42. The normalized spacial score (nSPS) is 11.7. The fourth-order valence-corrected chi connectivity index (χ4v) is 2.87. The highest BCUT2D eigenvalue weighted by Gasteiger charge is 2.15. The summed E-state index contributed by atoms with van der Waals surface area (Å²) in [7, 11) is 1.53. The molecule has 2 rings (SSSR count). The Hall–Kier alpha value is -3.13. The topological polar surface area (TPSA) is 119 Å². The standard InChI is InChI=1S/C22H31N5O3/c1-5-7-16(28)13-30-17-9-6-8-15(10-17)19-11-20(27-22(29)24-4)18(12-23)21(26-19)25-14(2)3/h6,8-12,14,16,23,28H,5,7,13H2,1-4H3,(H3,24,25,26,27,29). The van der Waals surface area contributed by atoms with Crippen LogP contribution in [0.3, 0.4) is 0 Å². The first-order valence-corrected chi connectivity index (χ1v) is 10.1. The van der Waals surface area contributed by atoms with Gasteiger partial charge in [-0.15, -0.1) is 0 Å². The predicted octanol–water partition coefficient (Wildman–Crippen LogP) is 3.86. The first-order chi connectivity index (χ1) is 14.4. The van der Waals surface area contributed by atoms with Crippen LogP contribution in [0, 0.1) is 5.41 Å². The molecule has 8 heteroatoms. The van der Waals surface area contributed by atoms with Gasteiger partial charge in [0.1, 0.15) is 18.2 Å². The minimum absolute atomic E-state index is 0.0917. The summed E-state index contributed by atoms with van der Waals surface area (Å²) in [5.74, 6) is 1.13. The number of pyridine rings is 1. The average molecular weight is 414 g/mol. The summed E-state index contributed by atoms with van der Waals surface area (Å²) >= 11 is 0. The molecule has 0 fully saturated rings. The number of amides is 2. The van der Waals surface area contributed by atoms with E-state index in [2.05, 4.69) is 20.9 Å². The molecule has 162 valence electrons. The molecular weight excluding hydrogens is 382 g/mol. The van der Waals surface area contributed by atoms with E-state index in [4.69, 9.17) is 10.1 Å². The fraction of sp³-hybridized carbons (Fsp3) is 0.409. The maximum Gasteiger partial charge on any atom is 0.318 e. The van der Waals surface area contributed by atoms with Gasteiger partial charge in [0.25, 0.3) is 0 Å². The van der Waals surface area contributed by atoms with E-state index in [1.54, 1.807) is 6.07 Å². The van der Waals surface area contributed by atoms with Crippen molar-refractivity contribution in [3.05, 3.63) is 35.9 Å². The number of hydrogen-bond acceptors (Lipinski definition) is 6. The highest BCUT2D eigenvalue weighted by atomic mass is 16.5. The molecule has 1 unspecified atom stereocenters. The van der Waals surface area contributed by atoms with E-state index in [-0.39, 0.29) is 18.7 Å². The molecular formula is C22H31N5O3. The van der Waals surface area contributed by atoms with Gasteiger partial charge in [-0.25, -0.2) is 9.78 Å². The van der Waals surface area contributed by atoms with Crippen LogP contribution in [0.2, 0.25) is 0 Å². The Morgan fingerprint density at radius 1 is 1.33 bits per heavy atom. The minimum atomic E-state index is -0.506. The summed E-state index contributed by atoms with van der Waals surface area (Å²) in [6.07, 6.45) is 2.24. The zero-order valence-corrected chi connectivity index (χ0v) is 18.0. The van der Waals surface area contributed by atoms with Gasteiger partial charge in [0.2, 0.25) is 0 Å². The van der Waals surface area contributed by atoms with Gasteiger partial charge in [-0.1, -0.05) is 25.5 Å². The third kappa shape index (κ3) is 6.45. The van der Waals surface area contributed by atoms with Crippen LogP contribution in [0.15, 0.2) is 30.3 Å². The Bertz CT molecular complexity index is 870. The number of carbonyl (C=O) groups is 1. The summed E-state index contributed by atoms with van der Waals surface area (Å²) < 4.78 is 5.73. The zero-order chi connectivity index (χ0) is 22.1. The van der Waals surface area contributed by atoms with Crippen LogP contribution in [0.25, 0.3) is 11.3 Å². The van der Waals surface area contributed by atoms with Crippen molar-refractivity contribution in [2.75, 3.05) is 24.3 Å². The maximum atomic E-state index is 11.9. The molecule has 0 radical (unpaired) electrons. The van der Waals surface area contributed by atoms with Gasteiger partial charge in [-0.3, -0.25) is 0 Å². The lowest BCUT2D eigenvalue weighted by molar-refractivity contribution is 0.0994. The number of nitrogens with zero attached hydrogens (tertiary/aromatic N) is 1. The van der Waals surface area contributed by atoms with Gasteiger partial charge < -0.3 is 31.2 Å². The van der Waals surface area contributed by atoms with Gasteiger partial charge in [0, 0.05) is 24.9 Å². The number of aliphatic hydroxyl groups excluding tert-OH is 1. The molecule has 5 N–H and O–H groups in total. The monoisotopic (exact) mass is 413 g/mol. The molecule has 1 atom stereocenters. The van der Waals surface area contributed by atoms with Crippen LogP contribution in [0.5, 0.6) is 5.75 Å². The van der Waals surface area contributed by atoms with Gasteiger partial charge in [0.15, 0.2) is 0 Å². The molecule has 2 aromatic rings. The Morgan fingerprint density at radius 3 is 2.73 bits per heavy atom. The number of rotatable bonds is 10. The van der Waals surface area contributed by atoms with Gasteiger partial charge in [-0.05, 0) is 38.5 Å². The van der Waals surface area contributed by atoms with Crippen molar-refractivity contribution >= 4 is 23.8 Å². The number of aliphatic hydroxyl groups is 1. The van der Waals surface area contributed by atoms with Crippen molar-refractivity contribution in [1.29, 1.82) is 5.41 Å². The molecule has 1 heterocycles. The number of urea groups is 1. The second-order valence-corrected chi connectivity index (χ2v) is 7.25.